The van der Waals surface area contributed by atoms with Gasteiger partial charge in [-0.2, -0.15) is 0 Å². The molecule has 9 heteroatoms. The number of hydrogen-bond donors (Lipinski definition) is 0. The zero-order chi connectivity index (χ0) is 50.0. The van der Waals surface area contributed by atoms with Crippen LogP contribution in [0.3, 0.4) is 0 Å². The molecule has 0 bridgehead atoms. The van der Waals surface area contributed by atoms with E-state index in [0.717, 1.165) is 25.7 Å². The standard InChI is InChI=1S/4C15H22O2.Pb/c4*1-2-3-4-5-6-7-8-13-9-11-14(12-10-13)15(16)17;/h4*9-12H,2-8H2,1H3,(H,16,17);/p-4. The van der Waals surface area contributed by atoms with Crippen LogP contribution in [0.1, 0.15) is 245 Å². The Labute approximate surface area is 437 Å². The van der Waals surface area contributed by atoms with Crippen molar-refractivity contribution in [2.75, 3.05) is 0 Å². The van der Waals surface area contributed by atoms with E-state index in [1.165, 1.54) is 176 Å². The summed E-state index contributed by atoms with van der Waals surface area (Å²) in [4.78, 5) is 42.2. The van der Waals surface area contributed by atoms with E-state index in [9.17, 15) is 39.6 Å². The monoisotopic (exact) mass is 1140 g/mol. The molecule has 69 heavy (non-hydrogen) atoms. The Morgan fingerprint density at radius 1 is 0.261 bits per heavy atom. The van der Waals surface area contributed by atoms with Gasteiger partial charge in [-0.25, -0.2) is 0 Å². The number of rotatable bonds is 32. The van der Waals surface area contributed by atoms with Crippen LogP contribution in [0.4, 0.5) is 0 Å². The van der Waals surface area contributed by atoms with Crippen LogP contribution in [0.5, 0.6) is 0 Å². The molecule has 0 atom stereocenters. The number of carboxylic acids is 4. The van der Waals surface area contributed by atoms with Gasteiger partial charge in [0.05, 0.1) is 23.9 Å². The molecule has 0 aliphatic rings. The maximum absolute atomic E-state index is 10.6. The molecule has 0 aromatic heterocycles. The first-order valence-corrected chi connectivity index (χ1v) is 26.2. The minimum absolute atomic E-state index is 0. The second-order valence-corrected chi connectivity index (χ2v) is 18.0. The number of aromatic carboxylic acids is 4. The summed E-state index contributed by atoms with van der Waals surface area (Å²) < 4.78 is 0. The third kappa shape index (κ3) is 34.6. The van der Waals surface area contributed by atoms with Gasteiger partial charge in [0.15, 0.2) is 0 Å². The van der Waals surface area contributed by atoms with E-state index >= 15 is 0 Å². The Hall–Kier alpha value is -4.32. The average molecular weight is 1140 g/mol. The van der Waals surface area contributed by atoms with E-state index in [1.54, 1.807) is 48.5 Å². The number of benzene rings is 4. The largest absolute Gasteiger partial charge is 0.545 e. The minimum Gasteiger partial charge on any atom is -0.545 e. The number of carbonyl (C=O) groups is 4. The first-order valence-electron chi connectivity index (χ1n) is 26.2. The molecule has 0 heterocycles. The molecule has 0 unspecified atom stereocenters. The van der Waals surface area contributed by atoms with Crippen molar-refractivity contribution in [3.63, 3.8) is 0 Å². The van der Waals surface area contributed by atoms with Crippen LogP contribution >= 0.6 is 0 Å². The fraction of sp³-hybridized carbons (Fsp3) is 0.533. The molecule has 4 radical (unpaired) electrons. The molecular weight excluding hydrogens is 1060 g/mol. The number of carboxylic acid groups (broad SMARTS) is 4. The number of unbranched alkanes of at least 4 members (excludes halogenated alkanes) is 20. The molecule has 0 N–H and O–H groups in total. The van der Waals surface area contributed by atoms with Crippen molar-refractivity contribution < 1.29 is 39.6 Å². The van der Waals surface area contributed by atoms with E-state index < -0.39 is 23.9 Å². The molecule has 4 aromatic carbocycles. The summed E-state index contributed by atoms with van der Waals surface area (Å²) in [5, 5.41) is 42.2. The van der Waals surface area contributed by atoms with Crippen molar-refractivity contribution in [1.29, 1.82) is 0 Å². The smallest absolute Gasteiger partial charge is 0.0715 e. The topological polar surface area (TPSA) is 161 Å². The van der Waals surface area contributed by atoms with Gasteiger partial charge >= 0.3 is 0 Å². The predicted octanol–water partition coefficient (Wildman–Crippen LogP) is 11.4. The van der Waals surface area contributed by atoms with Gasteiger partial charge in [-0.05, 0) is 95.9 Å². The molecule has 0 aliphatic heterocycles. The maximum Gasteiger partial charge on any atom is 0.0715 e. The van der Waals surface area contributed by atoms with Gasteiger partial charge in [-0.1, -0.05) is 253 Å². The Bertz CT molecular complexity index is 1590. The Balaban J connectivity index is 0.000000889. The van der Waals surface area contributed by atoms with Crippen molar-refractivity contribution in [1.82, 2.24) is 0 Å². The van der Waals surface area contributed by atoms with Gasteiger partial charge in [0.1, 0.15) is 0 Å². The Morgan fingerprint density at radius 2 is 0.406 bits per heavy atom. The summed E-state index contributed by atoms with van der Waals surface area (Å²) in [7, 11) is 0. The first kappa shape index (κ1) is 64.7. The molecule has 0 saturated heterocycles. The summed E-state index contributed by atoms with van der Waals surface area (Å²) in [6, 6.07) is 28.1. The first-order chi connectivity index (χ1) is 32.9. The van der Waals surface area contributed by atoms with Gasteiger partial charge in [-0.15, -0.1) is 0 Å². The van der Waals surface area contributed by atoms with E-state index in [0.29, 0.717) is 0 Å². The number of hydrogen-bond acceptors (Lipinski definition) is 8. The summed E-state index contributed by atoms with van der Waals surface area (Å²) in [6.07, 6.45) is 35.0. The number of carbonyl (C=O) groups excluding carboxylic acids is 4. The third-order valence-electron chi connectivity index (χ3n) is 12.0. The normalized spacial score (nSPS) is 10.3. The molecule has 8 nitrogen and oxygen atoms in total. The van der Waals surface area contributed by atoms with Crippen molar-refractivity contribution in [3.8, 4) is 0 Å². The van der Waals surface area contributed by atoms with Crippen molar-refractivity contribution in [2.24, 2.45) is 0 Å². The van der Waals surface area contributed by atoms with Crippen molar-refractivity contribution in [3.05, 3.63) is 142 Å². The van der Waals surface area contributed by atoms with Crippen LogP contribution in [-0.2, 0) is 25.7 Å². The predicted molar refractivity (Wildman–Crippen MR) is 277 cm³/mol. The quantitative estimate of drug-likeness (QED) is 0.0345. The fourth-order valence-electron chi connectivity index (χ4n) is 7.67. The van der Waals surface area contributed by atoms with Gasteiger partial charge in [0.25, 0.3) is 0 Å². The van der Waals surface area contributed by atoms with E-state index in [4.69, 9.17) is 0 Å². The number of aryl methyl sites for hydroxylation is 4. The van der Waals surface area contributed by atoms with Crippen LogP contribution < -0.4 is 20.4 Å². The zero-order valence-electron chi connectivity index (χ0n) is 42.8. The van der Waals surface area contributed by atoms with E-state index in [2.05, 4.69) is 27.7 Å². The third-order valence-corrected chi connectivity index (χ3v) is 12.0. The van der Waals surface area contributed by atoms with E-state index in [1.807, 2.05) is 48.5 Å². The van der Waals surface area contributed by atoms with Crippen LogP contribution in [-0.4, -0.2) is 51.2 Å². The summed E-state index contributed by atoms with van der Waals surface area (Å²) in [6.45, 7) is 8.88. The van der Waals surface area contributed by atoms with Gasteiger partial charge in [0, 0.05) is 27.3 Å². The van der Waals surface area contributed by atoms with Gasteiger partial charge in [0.2, 0.25) is 0 Å². The molecular formula is C60H84O8Pb-4. The molecule has 0 saturated carbocycles. The summed E-state index contributed by atoms with van der Waals surface area (Å²) >= 11 is 0. The van der Waals surface area contributed by atoms with E-state index in [-0.39, 0.29) is 49.6 Å². The van der Waals surface area contributed by atoms with Crippen LogP contribution in [0, 0.1) is 0 Å². The fourth-order valence-corrected chi connectivity index (χ4v) is 7.67. The van der Waals surface area contributed by atoms with Crippen LogP contribution in [0.2, 0.25) is 0 Å². The van der Waals surface area contributed by atoms with Crippen LogP contribution in [0.25, 0.3) is 0 Å². The zero-order valence-corrected chi connectivity index (χ0v) is 46.7. The Morgan fingerprint density at radius 3 is 0.551 bits per heavy atom. The molecule has 4 rings (SSSR count). The van der Waals surface area contributed by atoms with Gasteiger partial charge in [-0.3, -0.25) is 0 Å². The van der Waals surface area contributed by atoms with Gasteiger partial charge < -0.3 is 39.6 Å². The molecule has 0 fully saturated rings. The maximum atomic E-state index is 10.6. The Kier molecular flexibility index (Phi) is 40.9. The molecule has 0 aliphatic carbocycles. The SMILES string of the molecule is CCCCCCCCc1ccc(C(=O)[O-])cc1.CCCCCCCCc1ccc(C(=O)[O-])cc1.CCCCCCCCc1ccc(C(=O)[O-])cc1.CCCCCCCCc1ccc(C(=O)[O-])cc1.[Pb]. The summed E-state index contributed by atoms with van der Waals surface area (Å²) in [5.74, 6) is -4.40. The molecule has 0 amide bonds. The molecule has 380 valence electrons. The second kappa shape index (κ2) is 43.7. The molecule has 4 aromatic rings. The van der Waals surface area contributed by atoms with Crippen LogP contribution in [0.15, 0.2) is 97.1 Å². The second-order valence-electron chi connectivity index (χ2n) is 18.0. The minimum atomic E-state index is -1.10. The van der Waals surface area contributed by atoms with Crippen molar-refractivity contribution >= 4 is 51.2 Å². The summed E-state index contributed by atoms with van der Waals surface area (Å²) in [5.41, 5.74) is 5.90. The van der Waals surface area contributed by atoms with Crippen molar-refractivity contribution in [2.45, 2.75) is 207 Å². The average Bonchev–Trinajstić information content (AvgIpc) is 3.34. The molecule has 0 spiro atoms.